The normalized spacial score (nSPS) is 17.2. The Morgan fingerprint density at radius 1 is 1.25 bits per heavy atom. The maximum absolute atomic E-state index is 12.5. The zero-order valence-corrected chi connectivity index (χ0v) is 11.3. The third-order valence-corrected chi connectivity index (χ3v) is 4.14. The van der Waals surface area contributed by atoms with Crippen molar-refractivity contribution in [3.8, 4) is 0 Å². The van der Waals surface area contributed by atoms with Crippen molar-refractivity contribution in [2.45, 2.75) is 31.2 Å². The molecule has 1 amide bonds. The number of hydrogen-bond acceptors (Lipinski definition) is 3. The first kappa shape index (κ1) is 13.1. The minimum Gasteiger partial charge on any atom is -0.394 e. The molecule has 4 nitrogen and oxygen atoms in total. The molecule has 3 rings (SSSR count). The quantitative estimate of drug-likeness (QED) is 0.899. The second-order valence-corrected chi connectivity index (χ2v) is 5.48. The zero-order valence-electron chi connectivity index (χ0n) is 11.3. The predicted octanol–water partition coefficient (Wildman–Crippen LogP) is 2.27. The molecular weight excluding hydrogens is 252 g/mol. The van der Waals surface area contributed by atoms with Gasteiger partial charge in [0, 0.05) is 11.6 Å². The highest BCUT2D eigenvalue weighted by Crippen LogP contribution is 2.29. The predicted molar refractivity (Wildman–Crippen MR) is 77.5 cm³/mol. The van der Waals surface area contributed by atoms with E-state index < -0.39 is 5.54 Å². The van der Waals surface area contributed by atoms with Crippen molar-refractivity contribution in [1.82, 2.24) is 10.3 Å². The van der Waals surface area contributed by atoms with Crippen molar-refractivity contribution in [1.29, 1.82) is 0 Å². The molecule has 1 aromatic heterocycles. The van der Waals surface area contributed by atoms with Crippen LogP contribution in [0.4, 0.5) is 0 Å². The highest BCUT2D eigenvalue weighted by Gasteiger charge is 2.35. The van der Waals surface area contributed by atoms with Gasteiger partial charge in [0.25, 0.3) is 5.91 Å². The topological polar surface area (TPSA) is 62.2 Å². The summed E-state index contributed by atoms with van der Waals surface area (Å²) in [5.74, 6) is -0.125. The maximum Gasteiger partial charge on any atom is 0.252 e. The van der Waals surface area contributed by atoms with Gasteiger partial charge in [-0.3, -0.25) is 9.78 Å². The van der Waals surface area contributed by atoms with E-state index in [1.807, 2.05) is 24.3 Å². The number of aromatic nitrogens is 1. The van der Waals surface area contributed by atoms with Crippen molar-refractivity contribution >= 4 is 16.8 Å². The van der Waals surface area contributed by atoms with Gasteiger partial charge in [-0.25, -0.2) is 0 Å². The number of nitrogens with zero attached hydrogens (tertiary/aromatic N) is 1. The van der Waals surface area contributed by atoms with Crippen molar-refractivity contribution in [3.63, 3.8) is 0 Å². The van der Waals surface area contributed by atoms with Gasteiger partial charge in [0.15, 0.2) is 0 Å². The van der Waals surface area contributed by atoms with Crippen molar-refractivity contribution in [2.24, 2.45) is 0 Å². The number of fused-ring (bicyclic) bond motifs is 1. The van der Waals surface area contributed by atoms with Crippen LogP contribution in [0.25, 0.3) is 10.9 Å². The third kappa shape index (κ3) is 2.27. The van der Waals surface area contributed by atoms with Crippen LogP contribution in [-0.4, -0.2) is 28.1 Å². The number of benzene rings is 1. The Morgan fingerprint density at radius 3 is 2.75 bits per heavy atom. The van der Waals surface area contributed by atoms with Gasteiger partial charge >= 0.3 is 0 Å². The van der Waals surface area contributed by atoms with Gasteiger partial charge in [-0.2, -0.15) is 0 Å². The third-order valence-electron chi connectivity index (χ3n) is 4.14. The van der Waals surface area contributed by atoms with E-state index in [9.17, 15) is 9.90 Å². The van der Waals surface area contributed by atoms with Gasteiger partial charge in [-0.05, 0) is 25.0 Å². The van der Waals surface area contributed by atoms with E-state index in [0.29, 0.717) is 5.56 Å². The molecule has 0 unspecified atom stereocenters. The van der Waals surface area contributed by atoms with E-state index in [2.05, 4.69) is 10.3 Å². The zero-order chi connectivity index (χ0) is 14.0. The summed E-state index contributed by atoms with van der Waals surface area (Å²) in [6.45, 7) is 0.00174. The van der Waals surface area contributed by atoms with Crippen LogP contribution in [-0.2, 0) is 0 Å². The number of rotatable bonds is 3. The summed E-state index contributed by atoms with van der Waals surface area (Å²) in [5.41, 5.74) is 0.988. The van der Waals surface area contributed by atoms with Gasteiger partial charge in [-0.15, -0.1) is 0 Å². The van der Waals surface area contributed by atoms with E-state index in [0.717, 1.165) is 36.6 Å². The van der Waals surface area contributed by atoms with Gasteiger partial charge in [0.05, 0.1) is 23.2 Å². The Kier molecular flexibility index (Phi) is 3.40. The molecule has 1 aliphatic carbocycles. The molecule has 0 saturated heterocycles. The van der Waals surface area contributed by atoms with E-state index in [1.165, 1.54) is 0 Å². The molecule has 2 N–H and O–H groups in total. The van der Waals surface area contributed by atoms with Crippen LogP contribution < -0.4 is 5.32 Å². The van der Waals surface area contributed by atoms with Gasteiger partial charge in [0.1, 0.15) is 0 Å². The van der Waals surface area contributed by atoms with E-state index in [-0.39, 0.29) is 12.5 Å². The lowest BCUT2D eigenvalue weighted by Gasteiger charge is -2.28. The average Bonchev–Trinajstić information content (AvgIpc) is 2.95. The number of nitrogens with one attached hydrogen (secondary N) is 1. The summed E-state index contributed by atoms with van der Waals surface area (Å²) in [7, 11) is 0. The standard InChI is InChI=1S/C16H18N2O2/c19-11-16(8-3-4-9-16)18-15(20)13-7-10-17-14-6-2-1-5-12(13)14/h1-2,5-7,10,19H,3-4,8-9,11H2,(H,18,20). The smallest absolute Gasteiger partial charge is 0.252 e. The number of aliphatic hydroxyl groups excluding tert-OH is 1. The number of carbonyl (C=O) groups excluding carboxylic acids is 1. The van der Waals surface area contributed by atoms with Gasteiger partial charge in [-0.1, -0.05) is 31.0 Å². The number of amides is 1. The molecule has 0 bridgehead atoms. The fourth-order valence-corrected chi connectivity index (χ4v) is 2.98. The molecule has 104 valence electrons. The number of aliphatic hydroxyl groups is 1. The molecule has 1 saturated carbocycles. The Morgan fingerprint density at radius 2 is 2.00 bits per heavy atom. The Balaban J connectivity index is 1.93. The first-order valence-corrected chi connectivity index (χ1v) is 7.01. The summed E-state index contributed by atoms with van der Waals surface area (Å²) < 4.78 is 0. The Labute approximate surface area is 117 Å². The monoisotopic (exact) mass is 270 g/mol. The number of hydrogen-bond donors (Lipinski definition) is 2. The van der Waals surface area contributed by atoms with Crippen LogP contribution in [0.1, 0.15) is 36.0 Å². The minimum absolute atomic E-state index is 0.00174. The second kappa shape index (κ2) is 5.21. The molecule has 0 atom stereocenters. The Bertz CT molecular complexity index is 628. The molecule has 0 aliphatic heterocycles. The molecule has 1 fully saturated rings. The molecule has 2 aromatic rings. The van der Waals surface area contributed by atoms with Crippen LogP contribution in [0.15, 0.2) is 36.5 Å². The molecule has 20 heavy (non-hydrogen) atoms. The fourth-order valence-electron chi connectivity index (χ4n) is 2.98. The number of carbonyl (C=O) groups is 1. The van der Waals surface area contributed by atoms with Crippen LogP contribution in [0.3, 0.4) is 0 Å². The highest BCUT2D eigenvalue weighted by molar-refractivity contribution is 6.06. The highest BCUT2D eigenvalue weighted by atomic mass is 16.3. The first-order valence-electron chi connectivity index (χ1n) is 7.01. The van der Waals surface area contributed by atoms with E-state index in [4.69, 9.17) is 0 Å². The fraction of sp³-hybridized carbons (Fsp3) is 0.375. The van der Waals surface area contributed by atoms with Gasteiger partial charge in [0.2, 0.25) is 0 Å². The lowest BCUT2D eigenvalue weighted by molar-refractivity contribution is 0.0840. The van der Waals surface area contributed by atoms with E-state index >= 15 is 0 Å². The molecule has 1 aromatic carbocycles. The van der Waals surface area contributed by atoms with Crippen molar-refractivity contribution < 1.29 is 9.90 Å². The van der Waals surface area contributed by atoms with Crippen molar-refractivity contribution in [2.75, 3.05) is 6.61 Å². The summed E-state index contributed by atoms with van der Waals surface area (Å²) in [4.78, 5) is 16.8. The summed E-state index contributed by atoms with van der Waals surface area (Å²) >= 11 is 0. The first-order chi connectivity index (χ1) is 9.74. The van der Waals surface area contributed by atoms with Crippen LogP contribution in [0.2, 0.25) is 0 Å². The van der Waals surface area contributed by atoms with Crippen LogP contribution in [0.5, 0.6) is 0 Å². The number of pyridine rings is 1. The maximum atomic E-state index is 12.5. The largest absolute Gasteiger partial charge is 0.394 e. The summed E-state index contributed by atoms with van der Waals surface area (Å²) in [5, 5.41) is 13.5. The van der Waals surface area contributed by atoms with E-state index in [1.54, 1.807) is 12.3 Å². The van der Waals surface area contributed by atoms with Gasteiger partial charge < -0.3 is 10.4 Å². The van der Waals surface area contributed by atoms with Crippen LogP contribution in [0, 0.1) is 0 Å². The summed E-state index contributed by atoms with van der Waals surface area (Å²) in [6.07, 6.45) is 5.45. The molecule has 0 spiro atoms. The summed E-state index contributed by atoms with van der Waals surface area (Å²) in [6, 6.07) is 9.33. The molecule has 4 heteroatoms. The Hall–Kier alpha value is -1.94. The minimum atomic E-state index is -0.443. The SMILES string of the molecule is O=C(NC1(CO)CCCC1)c1ccnc2ccccc12. The van der Waals surface area contributed by atoms with Crippen LogP contribution >= 0.6 is 0 Å². The molecule has 1 heterocycles. The molecular formula is C16H18N2O2. The number of para-hydroxylation sites is 1. The van der Waals surface area contributed by atoms with Crippen molar-refractivity contribution in [3.05, 3.63) is 42.1 Å². The lowest BCUT2D eigenvalue weighted by Crippen LogP contribution is -2.49. The molecule has 0 radical (unpaired) electrons. The molecule has 1 aliphatic rings. The second-order valence-electron chi connectivity index (χ2n) is 5.48. The average molecular weight is 270 g/mol. The lowest BCUT2D eigenvalue weighted by atomic mass is 9.97.